The first kappa shape index (κ1) is 26.8. The monoisotopic (exact) mass is 568 g/mol. The van der Waals surface area contributed by atoms with Crippen LogP contribution < -0.4 is 20.9 Å². The first-order valence-electron chi connectivity index (χ1n) is 13.2. The van der Waals surface area contributed by atoms with Crippen molar-refractivity contribution in [1.29, 1.82) is 0 Å². The minimum Gasteiger partial charge on any atom is -0.406 e. The summed E-state index contributed by atoms with van der Waals surface area (Å²) in [5.41, 5.74) is 9.36. The second-order valence-corrected chi connectivity index (χ2v) is 10.5. The molecule has 2 aromatic carbocycles. The Labute approximate surface area is 231 Å². The van der Waals surface area contributed by atoms with E-state index in [2.05, 4.69) is 21.9 Å². The first-order valence-corrected chi connectivity index (χ1v) is 13.2. The van der Waals surface area contributed by atoms with Gasteiger partial charge in [0.05, 0.1) is 31.6 Å². The largest absolute Gasteiger partial charge is 0.573 e. The van der Waals surface area contributed by atoms with E-state index in [1.807, 2.05) is 18.2 Å². The zero-order valence-corrected chi connectivity index (χ0v) is 22.1. The van der Waals surface area contributed by atoms with Gasteiger partial charge < -0.3 is 20.1 Å². The lowest BCUT2D eigenvalue weighted by Crippen LogP contribution is -2.45. The Balaban J connectivity index is 1.29. The van der Waals surface area contributed by atoms with Crippen LogP contribution >= 0.6 is 0 Å². The number of carbonyl (C=O) groups excluding carboxylic acids is 1. The Morgan fingerprint density at radius 2 is 2.02 bits per heavy atom. The molecule has 4 heterocycles. The summed E-state index contributed by atoms with van der Waals surface area (Å²) in [6, 6.07) is 11.0. The van der Waals surface area contributed by atoms with Crippen molar-refractivity contribution in [3.8, 4) is 17.0 Å². The van der Waals surface area contributed by atoms with Gasteiger partial charge in [-0.2, -0.15) is 10.2 Å². The molecule has 13 heteroatoms. The van der Waals surface area contributed by atoms with E-state index in [0.29, 0.717) is 60.6 Å². The number of amides is 1. The second kappa shape index (κ2) is 9.91. The van der Waals surface area contributed by atoms with Crippen LogP contribution in [0.5, 0.6) is 5.75 Å². The zero-order valence-electron chi connectivity index (χ0n) is 22.1. The van der Waals surface area contributed by atoms with E-state index in [1.54, 1.807) is 15.6 Å². The molecule has 0 bridgehead atoms. The number of benzene rings is 2. The van der Waals surface area contributed by atoms with Crippen LogP contribution in [0.1, 0.15) is 24.5 Å². The van der Waals surface area contributed by atoms with Gasteiger partial charge >= 0.3 is 6.36 Å². The Kier molecular flexibility index (Phi) is 6.48. The lowest BCUT2D eigenvalue weighted by Gasteiger charge is -2.40. The van der Waals surface area contributed by atoms with Gasteiger partial charge in [-0.1, -0.05) is 25.1 Å². The summed E-state index contributed by atoms with van der Waals surface area (Å²) in [7, 11) is 0. The molecular weight excluding hydrogens is 541 g/mol. The molecule has 1 saturated heterocycles. The van der Waals surface area contributed by atoms with E-state index < -0.39 is 6.36 Å². The highest BCUT2D eigenvalue weighted by Crippen LogP contribution is 2.38. The molecule has 0 unspecified atom stereocenters. The maximum atomic E-state index is 13.2. The molecule has 6 rings (SSSR count). The Morgan fingerprint density at radius 1 is 1.22 bits per heavy atom. The molecule has 2 aromatic heterocycles. The number of hydrogen-bond donors (Lipinski definition) is 2. The number of carbonyl (C=O) groups is 1. The molecule has 1 fully saturated rings. The number of ether oxygens (including phenoxy) is 2. The summed E-state index contributed by atoms with van der Waals surface area (Å²) >= 11 is 0. The molecule has 0 radical (unpaired) electrons. The van der Waals surface area contributed by atoms with Crippen LogP contribution in [0.3, 0.4) is 0 Å². The van der Waals surface area contributed by atoms with Crippen LogP contribution in [-0.4, -0.2) is 52.0 Å². The van der Waals surface area contributed by atoms with Gasteiger partial charge in [0.25, 0.3) is 5.56 Å². The van der Waals surface area contributed by atoms with Crippen molar-refractivity contribution in [2.75, 3.05) is 30.4 Å². The first-order chi connectivity index (χ1) is 19.6. The maximum Gasteiger partial charge on any atom is 0.573 e. The van der Waals surface area contributed by atoms with E-state index in [1.165, 1.54) is 18.2 Å². The summed E-state index contributed by atoms with van der Waals surface area (Å²) in [6.07, 6.45) is -3.45. The summed E-state index contributed by atoms with van der Waals surface area (Å²) in [5, 5.41) is 11.7. The third kappa shape index (κ3) is 5.01. The number of nitrogens with one attached hydrogen (secondary N) is 1. The minimum absolute atomic E-state index is 0.0842. The highest BCUT2D eigenvalue weighted by atomic mass is 19.4. The quantitative estimate of drug-likeness (QED) is 0.347. The number of nitrogens with two attached hydrogens (primary N) is 1. The fourth-order valence-electron chi connectivity index (χ4n) is 5.52. The fraction of sp³-hybridized carbons (Fsp3) is 0.357. The number of fused-ring (bicyclic) bond motifs is 2. The number of alkyl halides is 3. The van der Waals surface area contributed by atoms with Gasteiger partial charge in [0.2, 0.25) is 5.91 Å². The predicted octanol–water partition coefficient (Wildman–Crippen LogP) is 3.83. The third-order valence-electron chi connectivity index (χ3n) is 7.79. The Bertz CT molecular complexity index is 1700. The van der Waals surface area contributed by atoms with Gasteiger partial charge in [0, 0.05) is 23.2 Å². The number of hydrogen-bond acceptors (Lipinski definition) is 7. The zero-order chi connectivity index (χ0) is 28.9. The smallest absolute Gasteiger partial charge is 0.406 e. The molecule has 41 heavy (non-hydrogen) atoms. The minimum atomic E-state index is -4.81. The van der Waals surface area contributed by atoms with E-state index in [4.69, 9.17) is 15.6 Å². The number of halogens is 3. The van der Waals surface area contributed by atoms with Crippen LogP contribution in [0.4, 0.5) is 24.7 Å². The van der Waals surface area contributed by atoms with Crippen LogP contribution in [0, 0.1) is 5.41 Å². The van der Waals surface area contributed by atoms with Gasteiger partial charge in [0.15, 0.2) is 5.82 Å². The molecule has 10 nitrogen and oxygen atoms in total. The summed E-state index contributed by atoms with van der Waals surface area (Å²) in [5.74, 6) is -0.462. The number of anilines is 2. The van der Waals surface area contributed by atoms with Crippen LogP contribution in [0.2, 0.25) is 0 Å². The molecule has 0 aliphatic carbocycles. The lowest BCUT2D eigenvalue weighted by molar-refractivity contribution is -0.274. The standard InChI is InChI=1S/C28H27F3N6O4/c1-2-27(14-40-15-27)13-37-24-22(25(32)33-34-26(24)39)23(35-37)18-6-7-20-17(12-18)8-9-36(20)21(38)11-16-4-3-5-19(10-16)41-28(29,30)31/h3-7,10,12H,2,8-9,11,13-15H2,1H3,(H2,32,33)(H,34,39). The molecule has 0 saturated carbocycles. The van der Waals surface area contributed by atoms with Crippen molar-refractivity contribution in [2.45, 2.75) is 39.1 Å². The fourth-order valence-corrected chi connectivity index (χ4v) is 5.52. The van der Waals surface area contributed by atoms with Crippen molar-refractivity contribution >= 4 is 28.3 Å². The van der Waals surface area contributed by atoms with Gasteiger partial charge in [-0.25, -0.2) is 5.10 Å². The molecule has 2 aliphatic heterocycles. The summed E-state index contributed by atoms with van der Waals surface area (Å²) in [6.45, 7) is 4.17. The van der Waals surface area contributed by atoms with E-state index >= 15 is 0 Å². The van der Waals surface area contributed by atoms with Crippen LogP contribution in [-0.2, 0) is 28.9 Å². The van der Waals surface area contributed by atoms with E-state index in [9.17, 15) is 22.8 Å². The molecule has 3 N–H and O–H groups in total. The Hall–Kier alpha value is -4.39. The average Bonchev–Trinajstić information content (AvgIpc) is 3.50. The number of aromatic nitrogens is 4. The SMILES string of the molecule is CCC1(Cn2nc(-c3ccc4c(c3)CCN4C(=O)Cc3cccc(OC(F)(F)F)c3)c3c(N)n[nH]c(=O)c32)COC1. The Morgan fingerprint density at radius 3 is 2.73 bits per heavy atom. The normalized spacial score (nSPS) is 16.0. The van der Waals surface area contributed by atoms with Crippen molar-refractivity contribution in [3.63, 3.8) is 0 Å². The third-order valence-corrected chi connectivity index (χ3v) is 7.79. The van der Waals surface area contributed by atoms with Crippen LogP contribution in [0.15, 0.2) is 47.3 Å². The van der Waals surface area contributed by atoms with Crippen molar-refractivity contribution in [3.05, 3.63) is 63.9 Å². The number of rotatable bonds is 7. The molecule has 0 atom stereocenters. The molecule has 4 aromatic rings. The topological polar surface area (TPSA) is 128 Å². The number of nitrogen functional groups attached to an aromatic ring is 1. The van der Waals surface area contributed by atoms with Gasteiger partial charge in [-0.05, 0) is 48.2 Å². The summed E-state index contributed by atoms with van der Waals surface area (Å²) < 4.78 is 48.9. The lowest BCUT2D eigenvalue weighted by atomic mass is 9.83. The van der Waals surface area contributed by atoms with E-state index in [0.717, 1.165) is 17.5 Å². The predicted molar refractivity (Wildman–Crippen MR) is 144 cm³/mol. The number of aromatic amines is 1. The molecule has 1 amide bonds. The average molecular weight is 569 g/mol. The highest BCUT2D eigenvalue weighted by Gasteiger charge is 2.38. The van der Waals surface area contributed by atoms with Crippen molar-refractivity contribution < 1.29 is 27.4 Å². The molecule has 0 spiro atoms. The van der Waals surface area contributed by atoms with Crippen molar-refractivity contribution in [1.82, 2.24) is 20.0 Å². The highest BCUT2D eigenvalue weighted by molar-refractivity contribution is 6.01. The van der Waals surface area contributed by atoms with Gasteiger partial charge in [0.1, 0.15) is 17.0 Å². The van der Waals surface area contributed by atoms with E-state index in [-0.39, 0.29) is 34.9 Å². The molecule has 214 valence electrons. The second-order valence-electron chi connectivity index (χ2n) is 10.5. The van der Waals surface area contributed by atoms with Crippen molar-refractivity contribution in [2.24, 2.45) is 5.41 Å². The molecular formula is C28H27F3N6O4. The number of H-pyrrole nitrogens is 1. The van der Waals surface area contributed by atoms with Crippen LogP contribution in [0.25, 0.3) is 22.2 Å². The maximum absolute atomic E-state index is 13.2. The van der Waals surface area contributed by atoms with Gasteiger partial charge in [-0.15, -0.1) is 13.2 Å². The number of nitrogens with zero attached hydrogens (tertiary/aromatic N) is 4. The van der Waals surface area contributed by atoms with Gasteiger partial charge in [-0.3, -0.25) is 14.3 Å². The summed E-state index contributed by atoms with van der Waals surface area (Å²) in [4.78, 5) is 27.6. The molecule has 2 aliphatic rings.